The first-order valence-corrected chi connectivity index (χ1v) is 8.02. The van der Waals surface area contributed by atoms with Gasteiger partial charge in [0.15, 0.2) is 0 Å². The van der Waals surface area contributed by atoms with Crippen molar-refractivity contribution < 1.29 is 9.90 Å². The number of aryl methyl sites for hydroxylation is 1. The number of hydrogen-bond donors (Lipinski definition) is 1. The van der Waals surface area contributed by atoms with Crippen LogP contribution in [0.1, 0.15) is 50.4 Å². The maximum atomic E-state index is 10.8. The van der Waals surface area contributed by atoms with E-state index >= 15 is 0 Å². The van der Waals surface area contributed by atoms with Gasteiger partial charge in [-0.3, -0.25) is 0 Å². The summed E-state index contributed by atoms with van der Waals surface area (Å²) in [4.78, 5) is 17.2. The highest BCUT2D eigenvalue weighted by Crippen LogP contribution is 2.26. The molecule has 111 valence electrons. The van der Waals surface area contributed by atoms with Crippen LogP contribution in [-0.4, -0.2) is 41.1 Å². The van der Waals surface area contributed by atoms with Crippen LogP contribution < -0.4 is 0 Å². The largest absolute Gasteiger partial charge is 0.386 e. The number of rotatable bonds is 9. The average molecular weight is 295 g/mol. The van der Waals surface area contributed by atoms with Crippen molar-refractivity contribution in [3.8, 4) is 0 Å². The van der Waals surface area contributed by atoms with Crippen LogP contribution in [0.5, 0.6) is 0 Å². The summed E-state index contributed by atoms with van der Waals surface area (Å²) in [5, 5.41) is 13.1. The van der Waals surface area contributed by atoms with Gasteiger partial charge in [-0.15, -0.1) is 11.3 Å². The molecule has 2 atom stereocenters. The van der Waals surface area contributed by atoms with Gasteiger partial charge in [-0.05, 0) is 32.2 Å². The van der Waals surface area contributed by atoms with Crippen LogP contribution in [0.15, 0.2) is 5.38 Å². The van der Waals surface area contributed by atoms with Crippen LogP contribution in [0.25, 0.3) is 0 Å². The molecule has 20 heavy (non-hydrogen) atoms. The SMILES string of the molecule is CCCN([B]C=O)[C@H](C[C@H](O)c1nc(C)cs1)C(C)C. The minimum atomic E-state index is -0.569. The second-order valence-electron chi connectivity index (χ2n) is 5.41. The van der Waals surface area contributed by atoms with E-state index in [4.69, 9.17) is 0 Å². The predicted molar refractivity (Wildman–Crippen MR) is 84.6 cm³/mol. The van der Waals surface area contributed by atoms with Gasteiger partial charge in [0.05, 0.1) is 6.19 Å². The summed E-state index contributed by atoms with van der Waals surface area (Å²) in [5.41, 5.74) is 0.940. The van der Waals surface area contributed by atoms with Crippen molar-refractivity contribution in [3.05, 3.63) is 16.1 Å². The van der Waals surface area contributed by atoms with E-state index in [1.54, 1.807) is 7.41 Å². The van der Waals surface area contributed by atoms with Gasteiger partial charge in [0.2, 0.25) is 0 Å². The smallest absolute Gasteiger partial charge is 0.293 e. The Morgan fingerprint density at radius 1 is 1.55 bits per heavy atom. The molecule has 0 aliphatic rings. The van der Waals surface area contributed by atoms with Crippen LogP contribution >= 0.6 is 11.3 Å². The predicted octanol–water partition coefficient (Wildman–Crippen LogP) is 2.42. The Labute approximate surface area is 126 Å². The van der Waals surface area contributed by atoms with Gasteiger partial charge in [0.1, 0.15) is 11.1 Å². The van der Waals surface area contributed by atoms with E-state index in [1.165, 1.54) is 11.3 Å². The topological polar surface area (TPSA) is 53.4 Å². The average Bonchev–Trinajstić information content (AvgIpc) is 2.82. The fourth-order valence-corrected chi connectivity index (χ4v) is 3.13. The Kier molecular flexibility index (Phi) is 7.41. The van der Waals surface area contributed by atoms with Crippen molar-refractivity contribution in [2.24, 2.45) is 5.92 Å². The zero-order valence-electron chi connectivity index (χ0n) is 12.7. The maximum Gasteiger partial charge on any atom is 0.293 e. The molecule has 1 aromatic rings. The second-order valence-corrected chi connectivity index (χ2v) is 6.30. The second kappa shape index (κ2) is 8.54. The Morgan fingerprint density at radius 2 is 2.25 bits per heavy atom. The van der Waals surface area contributed by atoms with Crippen molar-refractivity contribution in [2.75, 3.05) is 6.54 Å². The molecule has 0 amide bonds. The lowest BCUT2D eigenvalue weighted by molar-refractivity contribution is 0.115. The molecule has 1 rings (SSSR count). The third-order valence-corrected chi connectivity index (χ3v) is 4.38. The van der Waals surface area contributed by atoms with Crippen molar-refractivity contribution >= 4 is 24.9 Å². The molecule has 0 aromatic carbocycles. The number of aliphatic hydroxyl groups excluding tert-OH is 1. The van der Waals surface area contributed by atoms with E-state index in [9.17, 15) is 9.90 Å². The van der Waals surface area contributed by atoms with Crippen LogP contribution in [0.4, 0.5) is 0 Å². The maximum absolute atomic E-state index is 10.8. The Balaban J connectivity index is 2.76. The van der Waals surface area contributed by atoms with Gasteiger partial charge in [-0.1, -0.05) is 20.8 Å². The van der Waals surface area contributed by atoms with Crippen LogP contribution in [0.2, 0.25) is 0 Å². The zero-order valence-corrected chi connectivity index (χ0v) is 13.6. The Bertz CT molecular complexity index is 412. The highest BCUT2D eigenvalue weighted by atomic mass is 32.1. The minimum absolute atomic E-state index is 0.138. The Morgan fingerprint density at radius 3 is 2.70 bits per heavy atom. The third kappa shape index (κ3) is 5.00. The summed E-state index contributed by atoms with van der Waals surface area (Å²) in [6.45, 7) is 9.07. The molecule has 1 N–H and O–H groups in total. The van der Waals surface area contributed by atoms with E-state index in [1.807, 2.05) is 17.1 Å². The lowest BCUT2D eigenvalue weighted by Gasteiger charge is -2.34. The van der Waals surface area contributed by atoms with E-state index in [2.05, 4.69) is 25.8 Å². The molecule has 1 radical (unpaired) electrons. The molecule has 0 spiro atoms. The lowest BCUT2D eigenvalue weighted by atomic mass is 9.85. The molecular weight excluding hydrogens is 271 g/mol. The van der Waals surface area contributed by atoms with Gasteiger partial charge < -0.3 is 14.7 Å². The summed E-state index contributed by atoms with van der Waals surface area (Å²) in [5.74, 6) is 0.355. The van der Waals surface area contributed by atoms with Crippen molar-refractivity contribution in [3.63, 3.8) is 0 Å². The quantitative estimate of drug-likeness (QED) is 0.561. The summed E-state index contributed by atoms with van der Waals surface area (Å²) in [6, 6.07) is 0.138. The van der Waals surface area contributed by atoms with Gasteiger partial charge in [0.25, 0.3) is 7.41 Å². The standard InChI is InChI=1S/C14H24BN2O2S/c1-5-6-17(15-9-18)12(10(2)3)7-13(19)14-16-11(4)8-20-14/h8-10,12-13,19H,5-7H2,1-4H3/t12-,13+/m1/s1. The normalized spacial score (nSPS) is 14.6. The molecule has 0 saturated carbocycles. The first kappa shape index (κ1) is 17.3. The number of thiazole rings is 1. The van der Waals surface area contributed by atoms with Crippen molar-refractivity contribution in [1.82, 2.24) is 9.79 Å². The fourth-order valence-electron chi connectivity index (χ4n) is 2.33. The van der Waals surface area contributed by atoms with E-state index in [0.717, 1.165) is 29.9 Å². The van der Waals surface area contributed by atoms with Crippen LogP contribution in [0.3, 0.4) is 0 Å². The van der Waals surface area contributed by atoms with Crippen molar-refractivity contribution in [1.29, 1.82) is 0 Å². The molecule has 0 aliphatic heterocycles. The summed E-state index contributed by atoms with van der Waals surface area (Å²) >= 11 is 1.49. The lowest BCUT2D eigenvalue weighted by Crippen LogP contribution is -2.43. The summed E-state index contributed by atoms with van der Waals surface area (Å²) < 4.78 is 0. The molecule has 1 aromatic heterocycles. The highest BCUT2D eigenvalue weighted by molar-refractivity contribution is 7.09. The van der Waals surface area contributed by atoms with Gasteiger partial charge in [0, 0.05) is 17.1 Å². The monoisotopic (exact) mass is 295 g/mol. The minimum Gasteiger partial charge on any atom is -0.386 e. The summed E-state index contributed by atoms with van der Waals surface area (Å²) in [7, 11) is 1.59. The first-order valence-electron chi connectivity index (χ1n) is 7.14. The van der Waals surface area contributed by atoms with Crippen LogP contribution in [-0.2, 0) is 4.79 Å². The molecule has 0 saturated heterocycles. The van der Waals surface area contributed by atoms with Gasteiger partial charge >= 0.3 is 0 Å². The first-order chi connectivity index (χ1) is 9.49. The van der Waals surface area contributed by atoms with Crippen LogP contribution in [0, 0.1) is 12.8 Å². The fraction of sp³-hybridized carbons (Fsp3) is 0.714. The number of aliphatic hydroxyl groups is 1. The van der Waals surface area contributed by atoms with E-state index in [-0.39, 0.29) is 6.04 Å². The number of hydrogen-bond acceptors (Lipinski definition) is 5. The highest BCUT2D eigenvalue weighted by Gasteiger charge is 2.26. The number of carbonyl (C=O) groups is 1. The Hall–Kier alpha value is -0.715. The number of carbonyl (C=O) groups excluding carboxylic acids is 1. The van der Waals surface area contributed by atoms with Gasteiger partial charge in [-0.2, -0.15) is 0 Å². The molecule has 1 heterocycles. The molecule has 0 fully saturated rings. The van der Waals surface area contributed by atoms with E-state index in [0.29, 0.717) is 12.3 Å². The number of nitrogens with zero attached hydrogens (tertiary/aromatic N) is 2. The third-order valence-electron chi connectivity index (χ3n) is 3.32. The van der Waals surface area contributed by atoms with E-state index < -0.39 is 6.10 Å². The number of aromatic nitrogens is 1. The molecule has 6 heteroatoms. The van der Waals surface area contributed by atoms with Crippen molar-refractivity contribution in [2.45, 2.75) is 52.7 Å². The molecule has 0 bridgehead atoms. The summed E-state index contributed by atoms with van der Waals surface area (Å²) in [6.07, 6.45) is 1.82. The molecular formula is C14H24BN2O2S. The molecule has 0 unspecified atom stereocenters. The molecule has 4 nitrogen and oxygen atoms in total. The zero-order chi connectivity index (χ0) is 15.1. The molecule has 0 aliphatic carbocycles. The van der Waals surface area contributed by atoms with Gasteiger partial charge in [-0.25, -0.2) is 4.98 Å².